The number of rotatable bonds is 8. The molecule has 0 spiro atoms. The number of aromatic nitrogens is 1. The number of nitrogens with two attached hydrogens (primary N) is 1. The van der Waals surface area contributed by atoms with Crippen LogP contribution in [0, 0.1) is 17.8 Å². The molecular weight excluding hydrogens is 437 g/mol. The van der Waals surface area contributed by atoms with Gasteiger partial charge in [0.1, 0.15) is 0 Å². The maximum Gasteiger partial charge on any atom is 0.225 e. The topological polar surface area (TPSA) is 86.5 Å². The number of fused-ring (bicyclic) bond motifs is 2. The van der Waals surface area contributed by atoms with E-state index in [4.69, 9.17) is 15.2 Å². The third kappa shape index (κ3) is 5.62. The standard InChI is InChI=1S/C23H29N3O3.2ClH/c1-2-12-28-18-7-3-4-8-19(18)29-23-17(6-5-11-25-23)14-26-22(27)20-15-9-10-16(13-15)21(20)24;;/h3-8,11,15-16,20-21H,2,9-10,12-14,24H2,1H3,(H,26,27);2*1H. The van der Waals surface area contributed by atoms with Gasteiger partial charge in [0.05, 0.1) is 12.5 Å². The fourth-order valence-electron chi connectivity index (χ4n) is 4.65. The van der Waals surface area contributed by atoms with Crippen molar-refractivity contribution in [3.05, 3.63) is 48.2 Å². The molecule has 2 bridgehead atoms. The zero-order valence-electron chi connectivity index (χ0n) is 17.7. The number of carbonyl (C=O) groups excluding carboxylic acids is 1. The Morgan fingerprint density at radius 1 is 1.13 bits per heavy atom. The molecule has 0 saturated heterocycles. The van der Waals surface area contributed by atoms with E-state index in [1.807, 2.05) is 36.4 Å². The summed E-state index contributed by atoms with van der Waals surface area (Å²) in [5, 5.41) is 3.06. The van der Waals surface area contributed by atoms with Gasteiger partial charge in [0.2, 0.25) is 11.8 Å². The van der Waals surface area contributed by atoms with Crippen LogP contribution >= 0.6 is 24.8 Å². The fraction of sp³-hybridized carbons (Fsp3) is 0.478. The van der Waals surface area contributed by atoms with Gasteiger partial charge in [-0.15, -0.1) is 24.8 Å². The number of para-hydroxylation sites is 2. The predicted octanol–water partition coefficient (Wildman–Crippen LogP) is 4.50. The lowest BCUT2D eigenvalue weighted by Gasteiger charge is -2.27. The summed E-state index contributed by atoms with van der Waals surface area (Å²) in [4.78, 5) is 17.2. The van der Waals surface area contributed by atoms with Gasteiger partial charge >= 0.3 is 0 Å². The molecule has 31 heavy (non-hydrogen) atoms. The molecule has 4 atom stereocenters. The molecule has 3 N–H and O–H groups in total. The molecule has 1 aromatic carbocycles. The summed E-state index contributed by atoms with van der Waals surface area (Å²) in [6, 6.07) is 11.3. The van der Waals surface area contributed by atoms with Crippen molar-refractivity contribution in [1.82, 2.24) is 10.3 Å². The average Bonchev–Trinajstić information content (AvgIpc) is 3.33. The lowest BCUT2D eigenvalue weighted by Crippen LogP contribution is -2.45. The van der Waals surface area contributed by atoms with Crippen molar-refractivity contribution in [2.75, 3.05) is 6.61 Å². The van der Waals surface area contributed by atoms with Crippen molar-refractivity contribution < 1.29 is 14.3 Å². The summed E-state index contributed by atoms with van der Waals surface area (Å²) in [6.07, 6.45) is 5.97. The predicted molar refractivity (Wildman–Crippen MR) is 125 cm³/mol. The largest absolute Gasteiger partial charge is 0.490 e. The lowest BCUT2D eigenvalue weighted by atomic mass is 9.84. The Kier molecular flexibility index (Phi) is 9.41. The minimum absolute atomic E-state index is 0. The van der Waals surface area contributed by atoms with Crippen LogP contribution in [0.5, 0.6) is 17.4 Å². The van der Waals surface area contributed by atoms with Gasteiger partial charge in [-0.25, -0.2) is 4.98 Å². The Balaban J connectivity index is 0.00000171. The molecule has 2 fully saturated rings. The highest BCUT2D eigenvalue weighted by atomic mass is 35.5. The minimum Gasteiger partial charge on any atom is -0.490 e. The number of carbonyl (C=O) groups is 1. The van der Waals surface area contributed by atoms with E-state index in [1.54, 1.807) is 6.20 Å². The van der Waals surface area contributed by atoms with Crippen molar-refractivity contribution in [1.29, 1.82) is 0 Å². The molecule has 1 aromatic heterocycles. The first kappa shape index (κ1) is 25.2. The zero-order chi connectivity index (χ0) is 20.2. The summed E-state index contributed by atoms with van der Waals surface area (Å²) >= 11 is 0. The number of hydrogen-bond donors (Lipinski definition) is 2. The SMILES string of the molecule is CCCOc1ccccc1Oc1ncccc1CNC(=O)C1C2CCC(C2)C1N.Cl.Cl. The van der Waals surface area contributed by atoms with E-state index in [0.717, 1.165) is 31.2 Å². The monoisotopic (exact) mass is 467 g/mol. The van der Waals surface area contributed by atoms with Crippen molar-refractivity contribution in [2.45, 2.75) is 45.2 Å². The normalized spacial score (nSPS) is 23.4. The summed E-state index contributed by atoms with van der Waals surface area (Å²) in [6.45, 7) is 3.04. The molecule has 1 amide bonds. The maximum absolute atomic E-state index is 12.8. The van der Waals surface area contributed by atoms with E-state index in [2.05, 4.69) is 17.2 Å². The molecule has 2 saturated carbocycles. The van der Waals surface area contributed by atoms with Crippen molar-refractivity contribution in [2.24, 2.45) is 23.5 Å². The molecule has 2 aliphatic carbocycles. The van der Waals surface area contributed by atoms with Gasteiger partial charge < -0.3 is 20.5 Å². The number of nitrogens with one attached hydrogen (secondary N) is 1. The Morgan fingerprint density at radius 2 is 1.87 bits per heavy atom. The molecule has 0 aliphatic heterocycles. The Labute approximate surface area is 196 Å². The van der Waals surface area contributed by atoms with Gasteiger partial charge in [-0.05, 0) is 55.7 Å². The molecular formula is C23H31Cl2N3O3. The fourth-order valence-corrected chi connectivity index (χ4v) is 4.65. The lowest BCUT2D eigenvalue weighted by molar-refractivity contribution is -0.127. The van der Waals surface area contributed by atoms with E-state index in [-0.39, 0.29) is 42.7 Å². The zero-order valence-corrected chi connectivity index (χ0v) is 19.3. The smallest absolute Gasteiger partial charge is 0.225 e. The van der Waals surface area contributed by atoms with Crippen LogP contribution in [0.1, 0.15) is 38.2 Å². The van der Waals surface area contributed by atoms with Gasteiger partial charge in [0.15, 0.2) is 11.5 Å². The summed E-state index contributed by atoms with van der Waals surface area (Å²) in [5.74, 6) is 2.68. The van der Waals surface area contributed by atoms with E-state index in [1.165, 1.54) is 0 Å². The van der Waals surface area contributed by atoms with Crippen LogP contribution in [0.25, 0.3) is 0 Å². The number of halogens is 2. The second-order valence-electron chi connectivity index (χ2n) is 8.02. The van der Waals surface area contributed by atoms with Gasteiger partial charge in [-0.2, -0.15) is 0 Å². The van der Waals surface area contributed by atoms with Gasteiger partial charge in [-0.3, -0.25) is 4.79 Å². The minimum atomic E-state index is -0.0713. The molecule has 0 radical (unpaired) electrons. The molecule has 1 heterocycles. The van der Waals surface area contributed by atoms with Crippen LogP contribution in [-0.4, -0.2) is 23.5 Å². The van der Waals surface area contributed by atoms with Crippen molar-refractivity contribution >= 4 is 30.7 Å². The summed E-state index contributed by atoms with van der Waals surface area (Å²) in [7, 11) is 0. The first-order valence-corrected chi connectivity index (χ1v) is 10.5. The first-order chi connectivity index (χ1) is 14.2. The van der Waals surface area contributed by atoms with Crippen LogP contribution in [0.4, 0.5) is 0 Å². The van der Waals surface area contributed by atoms with Gasteiger partial charge in [0, 0.05) is 24.3 Å². The molecule has 4 unspecified atom stereocenters. The van der Waals surface area contributed by atoms with E-state index in [9.17, 15) is 4.79 Å². The van der Waals surface area contributed by atoms with E-state index < -0.39 is 0 Å². The summed E-state index contributed by atoms with van der Waals surface area (Å²) < 4.78 is 11.8. The molecule has 170 valence electrons. The van der Waals surface area contributed by atoms with E-state index >= 15 is 0 Å². The molecule has 2 aromatic rings. The Morgan fingerprint density at radius 3 is 2.58 bits per heavy atom. The number of pyridine rings is 1. The highest BCUT2D eigenvalue weighted by Gasteiger charge is 2.48. The van der Waals surface area contributed by atoms with E-state index in [0.29, 0.717) is 42.4 Å². The molecule has 4 rings (SSSR count). The Hall–Kier alpha value is -2.02. The second-order valence-corrected chi connectivity index (χ2v) is 8.02. The van der Waals surface area contributed by atoms with Crippen LogP contribution < -0.4 is 20.5 Å². The number of amides is 1. The number of benzene rings is 1. The molecule has 8 heteroatoms. The van der Waals surface area contributed by atoms with Crippen LogP contribution in [-0.2, 0) is 11.3 Å². The Bertz CT molecular complexity index is 865. The molecule has 2 aliphatic rings. The van der Waals surface area contributed by atoms with Crippen LogP contribution in [0.2, 0.25) is 0 Å². The third-order valence-electron chi connectivity index (χ3n) is 6.10. The number of ether oxygens (including phenoxy) is 2. The average molecular weight is 468 g/mol. The van der Waals surface area contributed by atoms with Crippen LogP contribution in [0.15, 0.2) is 42.6 Å². The number of nitrogens with zero attached hydrogens (tertiary/aromatic N) is 1. The third-order valence-corrected chi connectivity index (χ3v) is 6.10. The highest BCUT2D eigenvalue weighted by molar-refractivity contribution is 5.85. The van der Waals surface area contributed by atoms with Gasteiger partial charge in [-0.1, -0.05) is 25.1 Å². The van der Waals surface area contributed by atoms with Crippen molar-refractivity contribution in [3.8, 4) is 17.4 Å². The number of hydrogen-bond acceptors (Lipinski definition) is 5. The highest BCUT2D eigenvalue weighted by Crippen LogP contribution is 2.47. The summed E-state index contributed by atoms with van der Waals surface area (Å²) in [5.41, 5.74) is 7.13. The maximum atomic E-state index is 12.8. The quantitative estimate of drug-likeness (QED) is 0.596. The molecule has 6 nitrogen and oxygen atoms in total. The van der Waals surface area contributed by atoms with Crippen LogP contribution in [0.3, 0.4) is 0 Å². The van der Waals surface area contributed by atoms with Crippen molar-refractivity contribution in [3.63, 3.8) is 0 Å². The second kappa shape index (κ2) is 11.6. The first-order valence-electron chi connectivity index (χ1n) is 10.5. The van der Waals surface area contributed by atoms with Gasteiger partial charge in [0.25, 0.3) is 0 Å².